The predicted molar refractivity (Wildman–Crippen MR) is 67.6 cm³/mol. The van der Waals surface area contributed by atoms with Crippen LogP contribution in [0.1, 0.15) is 27.7 Å². The molecular formula is C11H20N2O3S. The van der Waals surface area contributed by atoms with Gasteiger partial charge in [-0.2, -0.15) is 0 Å². The highest BCUT2D eigenvalue weighted by Gasteiger charge is 2.43. The lowest BCUT2D eigenvalue weighted by Crippen LogP contribution is -2.55. The summed E-state index contributed by atoms with van der Waals surface area (Å²) in [6.07, 6.45) is 0. The minimum Gasteiger partial charge on any atom is -0.480 e. The number of hydrogen-bond acceptors (Lipinski definition) is 4. The standard InChI is InChI=1S/C11H20N2O3S/c1-6-13(7(5-17-6)10(15)16)9(14)8(12)11(2,3)4/h6-8H,5,12H2,1-4H3,(H,15,16)/t6?,7?,8-/m0/s1. The van der Waals surface area contributed by atoms with Crippen LogP contribution in [0.3, 0.4) is 0 Å². The minimum absolute atomic E-state index is 0.128. The summed E-state index contributed by atoms with van der Waals surface area (Å²) < 4.78 is 0. The Bertz CT molecular complexity index is 327. The lowest BCUT2D eigenvalue weighted by molar-refractivity contribution is -0.150. The third-order valence-corrected chi connectivity index (χ3v) is 4.18. The molecule has 1 aliphatic rings. The molecule has 3 N–H and O–H groups in total. The highest BCUT2D eigenvalue weighted by molar-refractivity contribution is 8.00. The van der Waals surface area contributed by atoms with E-state index in [1.165, 1.54) is 16.7 Å². The van der Waals surface area contributed by atoms with Crippen molar-refractivity contribution in [1.29, 1.82) is 0 Å². The summed E-state index contributed by atoms with van der Waals surface area (Å²) in [5, 5.41) is 8.96. The van der Waals surface area contributed by atoms with Crippen LogP contribution in [-0.2, 0) is 9.59 Å². The number of carboxylic acid groups (broad SMARTS) is 1. The Morgan fingerprint density at radius 1 is 1.47 bits per heavy atom. The highest BCUT2D eigenvalue weighted by atomic mass is 32.2. The Labute approximate surface area is 106 Å². The number of rotatable bonds is 2. The van der Waals surface area contributed by atoms with E-state index in [0.29, 0.717) is 5.75 Å². The second kappa shape index (κ2) is 4.86. The number of hydrogen-bond donors (Lipinski definition) is 2. The highest BCUT2D eigenvalue weighted by Crippen LogP contribution is 2.31. The molecular weight excluding hydrogens is 240 g/mol. The van der Waals surface area contributed by atoms with Crippen LogP contribution in [0.25, 0.3) is 0 Å². The smallest absolute Gasteiger partial charge is 0.327 e. The van der Waals surface area contributed by atoms with Crippen molar-refractivity contribution in [3.63, 3.8) is 0 Å². The predicted octanol–water partition coefficient (Wildman–Crippen LogP) is 0.734. The molecule has 1 fully saturated rings. The molecule has 0 aromatic carbocycles. The van der Waals surface area contributed by atoms with Gasteiger partial charge in [0.1, 0.15) is 6.04 Å². The van der Waals surface area contributed by atoms with Gasteiger partial charge in [0.2, 0.25) is 5.91 Å². The minimum atomic E-state index is -0.962. The van der Waals surface area contributed by atoms with Crippen molar-refractivity contribution in [2.24, 2.45) is 11.1 Å². The van der Waals surface area contributed by atoms with Crippen LogP contribution in [0.2, 0.25) is 0 Å². The third kappa shape index (κ3) is 2.93. The molecule has 0 spiro atoms. The van der Waals surface area contributed by atoms with E-state index in [1.807, 2.05) is 27.7 Å². The Kier molecular flexibility index (Phi) is 4.09. The molecule has 17 heavy (non-hydrogen) atoms. The third-order valence-electron chi connectivity index (χ3n) is 2.96. The van der Waals surface area contributed by atoms with E-state index in [9.17, 15) is 9.59 Å². The van der Waals surface area contributed by atoms with E-state index in [-0.39, 0.29) is 16.7 Å². The second-order valence-corrected chi connectivity index (χ2v) is 6.72. The second-order valence-electron chi connectivity index (χ2n) is 5.38. The Hall–Kier alpha value is -0.750. The molecule has 2 unspecified atom stereocenters. The first-order valence-electron chi connectivity index (χ1n) is 5.58. The molecule has 1 saturated heterocycles. The summed E-state index contributed by atoms with van der Waals surface area (Å²) in [5.74, 6) is -0.808. The van der Waals surface area contributed by atoms with Crippen molar-refractivity contribution in [3.05, 3.63) is 0 Å². The summed E-state index contributed by atoms with van der Waals surface area (Å²) in [7, 11) is 0. The van der Waals surface area contributed by atoms with Crippen LogP contribution in [0, 0.1) is 5.41 Å². The Morgan fingerprint density at radius 3 is 2.41 bits per heavy atom. The summed E-state index contributed by atoms with van der Waals surface area (Å²) in [4.78, 5) is 24.7. The van der Waals surface area contributed by atoms with Gasteiger partial charge >= 0.3 is 5.97 Å². The van der Waals surface area contributed by atoms with E-state index in [0.717, 1.165) is 0 Å². The molecule has 0 aromatic heterocycles. The Morgan fingerprint density at radius 2 is 2.00 bits per heavy atom. The summed E-state index contributed by atoms with van der Waals surface area (Å²) in [6.45, 7) is 7.46. The lowest BCUT2D eigenvalue weighted by atomic mass is 9.86. The van der Waals surface area contributed by atoms with E-state index in [4.69, 9.17) is 10.8 Å². The van der Waals surface area contributed by atoms with Gasteiger partial charge in [0, 0.05) is 5.75 Å². The van der Waals surface area contributed by atoms with Crippen molar-refractivity contribution in [2.45, 2.75) is 45.2 Å². The molecule has 5 nitrogen and oxygen atoms in total. The number of nitrogens with two attached hydrogens (primary N) is 1. The van der Waals surface area contributed by atoms with Gasteiger partial charge in [-0.15, -0.1) is 11.8 Å². The summed E-state index contributed by atoms with van der Waals surface area (Å²) in [6, 6.07) is -1.43. The number of thioether (sulfide) groups is 1. The molecule has 0 saturated carbocycles. The fourth-order valence-corrected chi connectivity index (χ4v) is 2.87. The van der Waals surface area contributed by atoms with Gasteiger partial charge < -0.3 is 15.7 Å². The molecule has 1 aliphatic heterocycles. The Balaban J connectivity index is 2.90. The van der Waals surface area contributed by atoms with Gasteiger partial charge in [-0.1, -0.05) is 20.8 Å². The molecule has 1 rings (SSSR count). The normalized spacial score (nSPS) is 27.0. The van der Waals surface area contributed by atoms with E-state index in [2.05, 4.69) is 0 Å². The molecule has 0 aromatic rings. The number of nitrogens with zero attached hydrogens (tertiary/aromatic N) is 1. The first-order chi connectivity index (χ1) is 7.66. The van der Waals surface area contributed by atoms with Gasteiger partial charge in [0.25, 0.3) is 0 Å². The molecule has 3 atom stereocenters. The van der Waals surface area contributed by atoms with Crippen molar-refractivity contribution < 1.29 is 14.7 Å². The molecule has 1 amide bonds. The topological polar surface area (TPSA) is 83.6 Å². The van der Waals surface area contributed by atoms with Crippen molar-refractivity contribution in [2.75, 3.05) is 5.75 Å². The molecule has 6 heteroatoms. The van der Waals surface area contributed by atoms with Crippen LogP contribution in [0.4, 0.5) is 0 Å². The lowest BCUT2D eigenvalue weighted by Gasteiger charge is -2.33. The van der Waals surface area contributed by atoms with Crippen LogP contribution >= 0.6 is 11.8 Å². The number of carboxylic acids is 1. The van der Waals surface area contributed by atoms with Crippen LogP contribution in [-0.4, -0.2) is 45.1 Å². The number of carbonyl (C=O) groups is 2. The maximum atomic E-state index is 12.2. The zero-order valence-electron chi connectivity index (χ0n) is 10.6. The first-order valence-corrected chi connectivity index (χ1v) is 6.63. The van der Waals surface area contributed by atoms with Gasteiger partial charge in [-0.05, 0) is 12.3 Å². The summed E-state index contributed by atoms with van der Waals surface area (Å²) in [5.41, 5.74) is 5.54. The van der Waals surface area contributed by atoms with E-state index >= 15 is 0 Å². The first kappa shape index (κ1) is 14.3. The van der Waals surface area contributed by atoms with Gasteiger partial charge in [-0.25, -0.2) is 4.79 Å². The zero-order valence-corrected chi connectivity index (χ0v) is 11.5. The molecule has 0 radical (unpaired) electrons. The average Bonchev–Trinajstić information content (AvgIpc) is 2.56. The van der Waals surface area contributed by atoms with Gasteiger partial charge in [0.15, 0.2) is 0 Å². The number of aliphatic carboxylic acids is 1. The maximum Gasteiger partial charge on any atom is 0.327 e. The van der Waals surface area contributed by atoms with E-state index < -0.39 is 18.1 Å². The van der Waals surface area contributed by atoms with Crippen LogP contribution < -0.4 is 5.73 Å². The molecule has 1 heterocycles. The number of carbonyl (C=O) groups excluding carboxylic acids is 1. The molecule has 98 valence electrons. The average molecular weight is 260 g/mol. The number of amides is 1. The van der Waals surface area contributed by atoms with Crippen molar-refractivity contribution in [3.8, 4) is 0 Å². The molecule has 0 aliphatic carbocycles. The van der Waals surface area contributed by atoms with Crippen LogP contribution in [0.15, 0.2) is 0 Å². The van der Waals surface area contributed by atoms with Crippen LogP contribution in [0.5, 0.6) is 0 Å². The SMILES string of the molecule is CC1SCC(C(=O)O)N1C(=O)[C@H](N)C(C)(C)C. The fraction of sp³-hybridized carbons (Fsp3) is 0.818. The summed E-state index contributed by atoms with van der Waals surface area (Å²) >= 11 is 1.47. The monoisotopic (exact) mass is 260 g/mol. The van der Waals surface area contributed by atoms with E-state index in [1.54, 1.807) is 0 Å². The quantitative estimate of drug-likeness (QED) is 0.765. The van der Waals surface area contributed by atoms with Crippen molar-refractivity contribution >= 4 is 23.6 Å². The van der Waals surface area contributed by atoms with Crippen molar-refractivity contribution in [1.82, 2.24) is 4.90 Å². The fourth-order valence-electron chi connectivity index (χ4n) is 1.70. The van der Waals surface area contributed by atoms with Gasteiger partial charge in [-0.3, -0.25) is 4.79 Å². The van der Waals surface area contributed by atoms with Gasteiger partial charge in [0.05, 0.1) is 11.4 Å². The maximum absolute atomic E-state index is 12.2. The largest absolute Gasteiger partial charge is 0.480 e. The zero-order chi connectivity index (χ0) is 13.4. The molecule has 0 bridgehead atoms.